The Morgan fingerprint density at radius 3 is 2.75 bits per heavy atom. The Bertz CT molecular complexity index is 140. The van der Waals surface area contributed by atoms with Crippen LogP contribution in [0.15, 0.2) is 0 Å². The second-order valence-corrected chi connectivity index (χ2v) is 3.54. The highest BCUT2D eigenvalue weighted by Crippen LogP contribution is 2.27. The fourth-order valence-corrected chi connectivity index (χ4v) is 1.93. The first-order chi connectivity index (χ1) is 5.76. The molecule has 0 radical (unpaired) electrons. The van der Waals surface area contributed by atoms with Gasteiger partial charge >= 0.3 is 0 Å². The molecule has 1 fully saturated rings. The van der Waals surface area contributed by atoms with Gasteiger partial charge in [0.2, 0.25) is 0 Å². The molecular formula is C9H20N2O. The monoisotopic (exact) mass is 172 g/mol. The van der Waals surface area contributed by atoms with Crippen LogP contribution < -0.4 is 5.73 Å². The van der Waals surface area contributed by atoms with Crippen LogP contribution in [0.1, 0.15) is 19.8 Å². The summed E-state index contributed by atoms with van der Waals surface area (Å²) in [6, 6.07) is 0. The van der Waals surface area contributed by atoms with Gasteiger partial charge in [0.05, 0.1) is 5.60 Å². The molecule has 1 unspecified atom stereocenters. The van der Waals surface area contributed by atoms with Crippen molar-refractivity contribution in [2.24, 2.45) is 5.73 Å². The van der Waals surface area contributed by atoms with E-state index in [0.717, 1.165) is 39.0 Å². The summed E-state index contributed by atoms with van der Waals surface area (Å²) < 4.78 is 5.55. The molecule has 0 aromatic rings. The van der Waals surface area contributed by atoms with E-state index >= 15 is 0 Å². The van der Waals surface area contributed by atoms with Crippen LogP contribution in [0.3, 0.4) is 0 Å². The quantitative estimate of drug-likeness (QED) is 0.669. The third-order valence-corrected chi connectivity index (χ3v) is 2.88. The van der Waals surface area contributed by atoms with E-state index in [1.807, 2.05) is 0 Å². The summed E-state index contributed by atoms with van der Waals surface area (Å²) in [4.78, 5) is 2.42. The van der Waals surface area contributed by atoms with Gasteiger partial charge in [-0.15, -0.1) is 0 Å². The van der Waals surface area contributed by atoms with Gasteiger partial charge in [-0.25, -0.2) is 0 Å². The van der Waals surface area contributed by atoms with Crippen LogP contribution in [0, 0.1) is 0 Å². The molecule has 3 nitrogen and oxygen atoms in total. The van der Waals surface area contributed by atoms with Crippen molar-refractivity contribution in [2.45, 2.75) is 25.4 Å². The maximum Gasteiger partial charge on any atom is 0.0829 e. The normalized spacial score (nSPS) is 31.2. The lowest BCUT2D eigenvalue weighted by atomic mass is 9.99. The Morgan fingerprint density at radius 1 is 1.58 bits per heavy atom. The molecule has 0 bridgehead atoms. The topological polar surface area (TPSA) is 38.5 Å². The Morgan fingerprint density at radius 2 is 2.33 bits per heavy atom. The summed E-state index contributed by atoms with van der Waals surface area (Å²) in [7, 11) is 1.80. The van der Waals surface area contributed by atoms with E-state index in [-0.39, 0.29) is 5.60 Å². The third-order valence-electron chi connectivity index (χ3n) is 2.88. The molecule has 0 aromatic carbocycles. The van der Waals surface area contributed by atoms with Crippen LogP contribution >= 0.6 is 0 Å². The maximum absolute atomic E-state index is 5.56. The van der Waals surface area contributed by atoms with E-state index in [1.165, 1.54) is 0 Å². The van der Waals surface area contributed by atoms with Crippen molar-refractivity contribution in [3.63, 3.8) is 0 Å². The molecule has 1 heterocycles. The first-order valence-electron chi connectivity index (χ1n) is 4.74. The fourth-order valence-electron chi connectivity index (χ4n) is 1.93. The molecule has 1 atom stereocenters. The number of ether oxygens (including phenoxy) is 1. The van der Waals surface area contributed by atoms with Crippen LogP contribution in [0.25, 0.3) is 0 Å². The number of likely N-dealkylation sites (N-methyl/N-ethyl adjacent to an activating group) is 1. The highest BCUT2D eigenvalue weighted by atomic mass is 16.5. The van der Waals surface area contributed by atoms with Crippen molar-refractivity contribution >= 4 is 0 Å². The van der Waals surface area contributed by atoms with E-state index in [9.17, 15) is 0 Å². The predicted molar refractivity (Wildman–Crippen MR) is 50.1 cm³/mol. The lowest BCUT2D eigenvalue weighted by Gasteiger charge is -2.27. The average molecular weight is 172 g/mol. The van der Waals surface area contributed by atoms with Crippen LogP contribution in [-0.4, -0.2) is 43.8 Å². The number of likely N-dealkylation sites (tertiary alicyclic amines) is 1. The third kappa shape index (κ3) is 1.97. The van der Waals surface area contributed by atoms with Gasteiger partial charge in [0, 0.05) is 20.2 Å². The molecule has 1 aliphatic rings. The minimum absolute atomic E-state index is 0.0603. The molecule has 0 amide bonds. The number of methoxy groups -OCH3 is 1. The molecule has 1 rings (SSSR count). The van der Waals surface area contributed by atoms with Crippen molar-refractivity contribution < 1.29 is 4.74 Å². The van der Waals surface area contributed by atoms with E-state index in [1.54, 1.807) is 7.11 Å². The molecule has 0 aromatic heterocycles. The summed E-state index contributed by atoms with van der Waals surface area (Å²) in [5, 5.41) is 0. The molecule has 0 spiro atoms. The van der Waals surface area contributed by atoms with Gasteiger partial charge in [0.15, 0.2) is 0 Å². The first kappa shape index (κ1) is 9.96. The lowest BCUT2D eigenvalue weighted by Crippen LogP contribution is -2.37. The summed E-state index contributed by atoms with van der Waals surface area (Å²) in [5.74, 6) is 0. The number of nitrogens with two attached hydrogens (primary N) is 1. The number of hydrogen-bond donors (Lipinski definition) is 1. The largest absolute Gasteiger partial charge is 0.377 e. The summed E-state index contributed by atoms with van der Waals surface area (Å²) >= 11 is 0. The standard InChI is InChI=1S/C9H20N2O/c1-3-11-7-5-9(8-11,12-2)4-6-10/h3-8,10H2,1-2H3. The summed E-state index contributed by atoms with van der Waals surface area (Å²) in [6.07, 6.45) is 2.12. The SMILES string of the molecule is CCN1CCC(CCN)(OC)C1. The smallest absolute Gasteiger partial charge is 0.0829 e. The van der Waals surface area contributed by atoms with E-state index in [2.05, 4.69) is 11.8 Å². The molecule has 12 heavy (non-hydrogen) atoms. The summed E-state index contributed by atoms with van der Waals surface area (Å²) in [5.41, 5.74) is 5.62. The molecule has 1 saturated heterocycles. The molecule has 3 heteroatoms. The molecule has 1 aliphatic heterocycles. The minimum Gasteiger partial charge on any atom is -0.377 e. The van der Waals surface area contributed by atoms with Gasteiger partial charge < -0.3 is 15.4 Å². The predicted octanol–water partition coefficient (Wildman–Crippen LogP) is 0.446. The molecule has 0 saturated carbocycles. The van der Waals surface area contributed by atoms with E-state index in [0.29, 0.717) is 0 Å². The van der Waals surface area contributed by atoms with Crippen LogP contribution in [-0.2, 0) is 4.74 Å². The molecular weight excluding hydrogens is 152 g/mol. The van der Waals surface area contributed by atoms with Crippen molar-refractivity contribution in [3.05, 3.63) is 0 Å². The Labute approximate surface area is 74.9 Å². The Hall–Kier alpha value is -0.120. The lowest BCUT2D eigenvalue weighted by molar-refractivity contribution is -0.00598. The molecule has 72 valence electrons. The highest BCUT2D eigenvalue weighted by molar-refractivity contribution is 4.91. The van der Waals surface area contributed by atoms with Crippen molar-refractivity contribution in [3.8, 4) is 0 Å². The molecule has 2 N–H and O–H groups in total. The van der Waals surface area contributed by atoms with Gasteiger partial charge in [-0.1, -0.05) is 6.92 Å². The fraction of sp³-hybridized carbons (Fsp3) is 1.00. The average Bonchev–Trinajstić information content (AvgIpc) is 2.50. The van der Waals surface area contributed by atoms with Crippen LogP contribution in [0.4, 0.5) is 0 Å². The Kier molecular flexibility index (Phi) is 3.50. The minimum atomic E-state index is 0.0603. The highest BCUT2D eigenvalue weighted by Gasteiger charge is 2.36. The van der Waals surface area contributed by atoms with Crippen molar-refractivity contribution in [1.29, 1.82) is 0 Å². The second-order valence-electron chi connectivity index (χ2n) is 3.54. The van der Waals surface area contributed by atoms with Gasteiger partial charge in [-0.05, 0) is 25.9 Å². The zero-order chi connectivity index (χ0) is 9.03. The van der Waals surface area contributed by atoms with Crippen molar-refractivity contribution in [1.82, 2.24) is 4.90 Å². The number of nitrogens with zero attached hydrogens (tertiary/aromatic N) is 1. The zero-order valence-electron chi connectivity index (χ0n) is 8.18. The van der Waals surface area contributed by atoms with E-state index in [4.69, 9.17) is 10.5 Å². The van der Waals surface area contributed by atoms with Gasteiger partial charge in [0.1, 0.15) is 0 Å². The summed E-state index contributed by atoms with van der Waals surface area (Å²) in [6.45, 7) is 6.25. The van der Waals surface area contributed by atoms with Gasteiger partial charge in [-0.2, -0.15) is 0 Å². The van der Waals surface area contributed by atoms with Crippen LogP contribution in [0.2, 0.25) is 0 Å². The van der Waals surface area contributed by atoms with Gasteiger partial charge in [0.25, 0.3) is 0 Å². The second kappa shape index (κ2) is 4.21. The van der Waals surface area contributed by atoms with Gasteiger partial charge in [-0.3, -0.25) is 0 Å². The first-order valence-corrected chi connectivity index (χ1v) is 4.74. The van der Waals surface area contributed by atoms with Crippen LogP contribution in [0.5, 0.6) is 0 Å². The van der Waals surface area contributed by atoms with E-state index < -0.39 is 0 Å². The van der Waals surface area contributed by atoms with Crippen molar-refractivity contribution in [2.75, 3.05) is 33.3 Å². The molecule has 0 aliphatic carbocycles. The zero-order valence-corrected chi connectivity index (χ0v) is 8.18. The maximum atomic E-state index is 5.56. The Balaban J connectivity index is 2.47. The number of rotatable bonds is 4. The number of hydrogen-bond acceptors (Lipinski definition) is 3.